The smallest absolute Gasteiger partial charge is 0.301 e. The van der Waals surface area contributed by atoms with E-state index < -0.39 is 11.5 Å². The van der Waals surface area contributed by atoms with Crippen LogP contribution in [0.4, 0.5) is 4.39 Å². The molecule has 0 N–H and O–H groups in total. The van der Waals surface area contributed by atoms with Crippen LogP contribution in [-0.2, 0) is 18.4 Å². The maximum Gasteiger partial charge on any atom is 0.334 e. The number of carbonyl (C=O) groups excluding carboxylic acids is 1. The van der Waals surface area contributed by atoms with Crippen LogP contribution in [0.25, 0.3) is 38.8 Å². The first-order chi connectivity index (χ1) is 14.6. The Morgan fingerprint density at radius 1 is 1.03 bits per heavy atom. The number of fused-ring (bicyclic) bond motifs is 2. The van der Waals surface area contributed by atoms with E-state index in [4.69, 9.17) is 0 Å². The molecule has 5 aromatic rings. The molecule has 0 radical (unpaired) electrons. The summed E-state index contributed by atoms with van der Waals surface area (Å²) in [5.74, 6) is -0.551. The first-order valence-electron chi connectivity index (χ1n) is 9.30. The Bertz CT molecular complexity index is 1500. The van der Waals surface area contributed by atoms with Gasteiger partial charge in [-0.2, -0.15) is 5.10 Å². The Morgan fingerprint density at radius 3 is 2.60 bits per heavy atom. The van der Waals surface area contributed by atoms with Gasteiger partial charge >= 0.3 is 5.69 Å². The lowest BCUT2D eigenvalue weighted by atomic mass is 10.0. The molecule has 5 rings (SSSR count). The fourth-order valence-electron chi connectivity index (χ4n) is 3.84. The zero-order chi connectivity index (χ0) is 20.8. The lowest BCUT2D eigenvalue weighted by Gasteiger charge is -2.08. The molecule has 2 aromatic carbocycles. The van der Waals surface area contributed by atoms with Crippen LogP contribution >= 0.6 is 0 Å². The van der Waals surface area contributed by atoms with Gasteiger partial charge in [-0.15, -0.1) is 0 Å². The molecule has 0 atom stereocenters. The summed E-state index contributed by atoms with van der Waals surface area (Å²) < 4.78 is 19.6. The number of para-hydroxylation sites is 2. The minimum atomic E-state index is -0.551. The monoisotopic (exact) mass is 401 g/mol. The van der Waals surface area contributed by atoms with Gasteiger partial charge in [0, 0.05) is 24.2 Å². The highest BCUT2D eigenvalue weighted by Crippen LogP contribution is 2.30. The highest BCUT2D eigenvalue weighted by molar-refractivity contribution is 5.93. The second-order valence-electron chi connectivity index (χ2n) is 6.94. The lowest BCUT2D eigenvalue weighted by molar-refractivity contribution is -0.108. The molecule has 30 heavy (non-hydrogen) atoms. The summed E-state index contributed by atoms with van der Waals surface area (Å²) in [6.45, 7) is -0.0965. The zero-order valence-electron chi connectivity index (χ0n) is 16.0. The molecule has 8 heteroatoms. The second kappa shape index (κ2) is 6.77. The Balaban J connectivity index is 1.71. The molecule has 0 saturated carbocycles. The van der Waals surface area contributed by atoms with Gasteiger partial charge in [0.2, 0.25) is 0 Å². The van der Waals surface area contributed by atoms with Crippen LogP contribution in [0.5, 0.6) is 0 Å². The standard InChI is InChI=1S/C22H16FN5O2/c1-26-21-13-24-11-15(16(21)12-25-26)14-6-7-18(17(23)10-14)28-20-5-3-2-4-19(20)27(8-9-29)22(28)30/h2-7,9-13H,8H2,1H3. The summed E-state index contributed by atoms with van der Waals surface area (Å²) in [7, 11) is 1.82. The third-order valence-electron chi connectivity index (χ3n) is 5.27. The van der Waals surface area contributed by atoms with Crippen molar-refractivity contribution < 1.29 is 9.18 Å². The second-order valence-corrected chi connectivity index (χ2v) is 6.94. The molecule has 7 nitrogen and oxygen atoms in total. The van der Waals surface area contributed by atoms with Gasteiger partial charge in [0.25, 0.3) is 0 Å². The summed E-state index contributed by atoms with van der Waals surface area (Å²) in [6.07, 6.45) is 5.74. The molecule has 0 amide bonds. The number of aromatic nitrogens is 5. The number of aryl methyl sites for hydroxylation is 1. The fourth-order valence-corrected chi connectivity index (χ4v) is 3.84. The number of benzene rings is 2. The average Bonchev–Trinajstić information content (AvgIpc) is 3.27. The van der Waals surface area contributed by atoms with Gasteiger partial charge < -0.3 is 4.79 Å². The molecule has 3 aromatic heterocycles. The predicted octanol–water partition coefficient (Wildman–Crippen LogP) is 3.08. The molecule has 0 aliphatic heterocycles. The first kappa shape index (κ1) is 18.0. The van der Waals surface area contributed by atoms with Crippen LogP contribution in [0.1, 0.15) is 0 Å². The lowest BCUT2D eigenvalue weighted by Crippen LogP contribution is -2.24. The number of nitrogens with zero attached hydrogens (tertiary/aromatic N) is 5. The third-order valence-corrected chi connectivity index (χ3v) is 5.27. The molecule has 0 spiro atoms. The molecule has 3 heterocycles. The van der Waals surface area contributed by atoms with Gasteiger partial charge in [-0.25, -0.2) is 9.18 Å². The van der Waals surface area contributed by atoms with Crippen LogP contribution in [0.2, 0.25) is 0 Å². The minimum absolute atomic E-state index is 0.0965. The van der Waals surface area contributed by atoms with Crippen LogP contribution in [0, 0.1) is 5.82 Å². The van der Waals surface area contributed by atoms with Crippen molar-refractivity contribution in [2.45, 2.75) is 6.54 Å². The summed E-state index contributed by atoms with van der Waals surface area (Å²) >= 11 is 0. The van der Waals surface area contributed by atoms with Crippen LogP contribution in [-0.4, -0.2) is 30.2 Å². The summed E-state index contributed by atoms with van der Waals surface area (Å²) in [5, 5.41) is 5.10. The van der Waals surface area contributed by atoms with Crippen LogP contribution in [0.3, 0.4) is 0 Å². The zero-order valence-corrected chi connectivity index (χ0v) is 16.0. The first-order valence-corrected chi connectivity index (χ1v) is 9.30. The molecule has 148 valence electrons. The maximum atomic E-state index is 15.3. The quantitative estimate of drug-likeness (QED) is 0.434. The number of carbonyl (C=O) groups is 1. The van der Waals surface area contributed by atoms with Gasteiger partial charge in [-0.05, 0) is 29.8 Å². The number of pyridine rings is 1. The molecule has 0 aliphatic carbocycles. The molecular formula is C22H16FN5O2. The van der Waals surface area contributed by atoms with Crippen LogP contribution in [0.15, 0.2) is 65.8 Å². The molecule has 0 unspecified atom stereocenters. The van der Waals surface area contributed by atoms with Gasteiger partial charge in [0.05, 0.1) is 41.2 Å². The van der Waals surface area contributed by atoms with E-state index >= 15 is 4.39 Å². The Labute approximate surface area is 169 Å². The number of imidazole rings is 1. The average molecular weight is 401 g/mol. The Kier molecular flexibility index (Phi) is 4.06. The number of rotatable bonds is 4. The molecule has 0 fully saturated rings. The maximum absolute atomic E-state index is 15.3. The predicted molar refractivity (Wildman–Crippen MR) is 111 cm³/mol. The third kappa shape index (κ3) is 2.57. The van der Waals surface area contributed by atoms with E-state index in [1.807, 2.05) is 7.05 Å². The summed E-state index contributed by atoms with van der Waals surface area (Å²) in [6, 6.07) is 11.7. The van der Waals surface area contributed by atoms with Crippen molar-refractivity contribution in [1.82, 2.24) is 23.9 Å². The number of halogens is 1. The molecule has 0 aliphatic rings. The van der Waals surface area contributed by atoms with E-state index in [0.717, 1.165) is 16.5 Å². The minimum Gasteiger partial charge on any atom is -0.301 e. The fraction of sp³-hybridized carbons (Fsp3) is 0.0909. The van der Waals surface area contributed by atoms with Crippen molar-refractivity contribution >= 4 is 28.2 Å². The van der Waals surface area contributed by atoms with Gasteiger partial charge in [0.15, 0.2) is 0 Å². The Morgan fingerprint density at radius 2 is 1.83 bits per heavy atom. The van der Waals surface area contributed by atoms with E-state index in [2.05, 4.69) is 10.1 Å². The molecular weight excluding hydrogens is 385 g/mol. The topological polar surface area (TPSA) is 74.7 Å². The van der Waals surface area contributed by atoms with Crippen molar-refractivity contribution in [3.05, 3.63) is 77.4 Å². The van der Waals surface area contributed by atoms with Gasteiger partial charge in [-0.3, -0.25) is 18.8 Å². The van der Waals surface area contributed by atoms with E-state index in [-0.39, 0.29) is 12.2 Å². The van der Waals surface area contributed by atoms with Gasteiger partial charge in [-0.1, -0.05) is 18.2 Å². The van der Waals surface area contributed by atoms with Crippen molar-refractivity contribution in [2.24, 2.45) is 7.05 Å². The number of hydrogen-bond acceptors (Lipinski definition) is 4. The highest BCUT2D eigenvalue weighted by atomic mass is 19.1. The summed E-state index contributed by atoms with van der Waals surface area (Å²) in [4.78, 5) is 28.2. The number of aldehydes is 1. The number of hydrogen-bond donors (Lipinski definition) is 0. The van der Waals surface area contributed by atoms with Crippen molar-refractivity contribution in [3.63, 3.8) is 0 Å². The van der Waals surface area contributed by atoms with E-state index in [1.165, 1.54) is 15.2 Å². The summed E-state index contributed by atoms with van der Waals surface area (Å²) in [5.41, 5.74) is 2.98. The normalized spacial score (nSPS) is 11.4. The highest BCUT2D eigenvalue weighted by Gasteiger charge is 2.18. The molecule has 0 saturated heterocycles. The SMILES string of the molecule is Cn1ncc2c(-c3ccc(-n4c(=O)n(CC=O)c5ccccc54)c(F)c3)cncc21. The van der Waals surface area contributed by atoms with E-state index in [1.54, 1.807) is 59.7 Å². The van der Waals surface area contributed by atoms with Crippen molar-refractivity contribution in [3.8, 4) is 16.8 Å². The van der Waals surface area contributed by atoms with E-state index in [0.29, 0.717) is 22.9 Å². The van der Waals surface area contributed by atoms with Crippen LogP contribution < -0.4 is 5.69 Å². The largest absolute Gasteiger partial charge is 0.334 e. The van der Waals surface area contributed by atoms with Crippen molar-refractivity contribution in [2.75, 3.05) is 0 Å². The van der Waals surface area contributed by atoms with Crippen molar-refractivity contribution in [1.29, 1.82) is 0 Å². The van der Waals surface area contributed by atoms with E-state index in [9.17, 15) is 9.59 Å². The molecule has 0 bridgehead atoms. The Hall–Kier alpha value is -4.07. The van der Waals surface area contributed by atoms with Gasteiger partial charge in [0.1, 0.15) is 12.1 Å².